The van der Waals surface area contributed by atoms with E-state index in [-0.39, 0.29) is 55.8 Å². The lowest BCUT2D eigenvalue weighted by atomic mass is 9.88. The predicted molar refractivity (Wildman–Crippen MR) is 453 cm³/mol. The third-order valence-corrected chi connectivity index (χ3v) is 18.7. The summed E-state index contributed by atoms with van der Waals surface area (Å²) in [7, 11) is 0. The molecule has 4 unspecified atom stereocenters. The van der Waals surface area contributed by atoms with E-state index in [2.05, 4.69) is 117 Å². The van der Waals surface area contributed by atoms with E-state index in [0.717, 1.165) is 64.1 Å². The van der Waals surface area contributed by atoms with Gasteiger partial charge in [-0.2, -0.15) is 13.2 Å². The van der Waals surface area contributed by atoms with E-state index in [1.54, 1.807) is 30.7 Å². The lowest BCUT2D eigenvalue weighted by molar-refractivity contribution is -0.141. The zero-order chi connectivity index (χ0) is 84.9. The fraction of sp³-hybridized carbons (Fsp3) is 0.281. The summed E-state index contributed by atoms with van der Waals surface area (Å²) in [5.74, 6) is 2.11. The average Bonchev–Trinajstić information content (AvgIpc) is 1.16. The molecule has 0 saturated heterocycles. The van der Waals surface area contributed by atoms with E-state index in [0.29, 0.717) is 68.5 Å². The minimum Gasteiger partial charge on any atom is -0.491 e. The Morgan fingerprint density at radius 1 is 0.395 bits per heavy atom. The van der Waals surface area contributed by atoms with Crippen LogP contribution in [0.5, 0.6) is 23.0 Å². The van der Waals surface area contributed by atoms with Gasteiger partial charge in [0, 0.05) is 112 Å². The second-order valence-electron chi connectivity index (χ2n) is 29.9. The van der Waals surface area contributed by atoms with E-state index in [1.165, 1.54) is 106 Å². The highest BCUT2D eigenvalue weighted by molar-refractivity contribution is 5.78. The molecule has 0 spiro atoms. The third kappa shape index (κ3) is 33.0. The Bertz CT molecular complexity index is 5060. The lowest BCUT2D eigenvalue weighted by Gasteiger charge is -2.29. The number of nitrogens with one attached hydrogen (secondary N) is 1. The number of para-hydroxylation sites is 2. The smallest absolute Gasteiger partial charge is 0.433 e. The van der Waals surface area contributed by atoms with Crippen molar-refractivity contribution in [3.63, 3.8) is 0 Å². The van der Waals surface area contributed by atoms with Crippen LogP contribution in [0.1, 0.15) is 93.7 Å². The average molecular weight is 1630 g/mol. The van der Waals surface area contributed by atoms with E-state index in [4.69, 9.17) is 18.9 Å². The molecule has 5 heterocycles. The van der Waals surface area contributed by atoms with Gasteiger partial charge in [0.05, 0.1) is 23.9 Å². The largest absolute Gasteiger partial charge is 0.491 e. The molecule has 119 heavy (non-hydrogen) atoms. The molecule has 4 atom stereocenters. The van der Waals surface area contributed by atoms with Crippen molar-refractivity contribution >= 4 is 10.9 Å². The number of H-pyrrole nitrogens is 1. The van der Waals surface area contributed by atoms with Gasteiger partial charge in [-0.3, -0.25) is 34.6 Å². The van der Waals surface area contributed by atoms with Gasteiger partial charge in [-0.1, -0.05) is 154 Å². The summed E-state index contributed by atoms with van der Waals surface area (Å²) < 4.78 is 99.4. The molecule has 0 aliphatic heterocycles. The molecule has 13 rings (SSSR count). The Balaban J connectivity index is 0.000000177. The van der Waals surface area contributed by atoms with Crippen molar-refractivity contribution in [2.24, 2.45) is 0 Å². The van der Waals surface area contributed by atoms with Crippen LogP contribution in [0.2, 0.25) is 0 Å². The summed E-state index contributed by atoms with van der Waals surface area (Å²) in [6, 6.07) is 73.2. The number of imidazole rings is 1. The fourth-order valence-electron chi connectivity index (χ4n) is 12.6. The van der Waals surface area contributed by atoms with Crippen LogP contribution in [0.15, 0.2) is 286 Å². The molecule has 0 amide bonds. The maximum Gasteiger partial charge on any atom is 0.433 e. The molecular formula is C96H105F6N9O8. The van der Waals surface area contributed by atoms with Gasteiger partial charge in [0.1, 0.15) is 96.7 Å². The molecule has 13 aromatic rings. The van der Waals surface area contributed by atoms with Crippen LogP contribution in [0, 0.1) is 45.1 Å². The molecule has 0 fully saturated rings. The highest BCUT2D eigenvalue weighted by atomic mass is 19.4. The first-order valence-corrected chi connectivity index (χ1v) is 39.2. The number of aromatic nitrogens is 6. The zero-order valence-electron chi connectivity index (χ0n) is 68.1. The van der Waals surface area contributed by atoms with Crippen molar-refractivity contribution in [3.8, 4) is 23.0 Å². The predicted octanol–water partition coefficient (Wildman–Crippen LogP) is 18.2. The SMILES string of the molecule is Cc1ccccc1CN(Cc1ccc(C(F)(F)F)nc1)CC(O)COc1ccc(F)cc1.Cc1ccccc1CN(Cc1cccnc1C(C)(C)C)CC(O)COc1ccccc1.Cc1ccccc1CN(Cc1ncc[nH]1)CC(O)COc1ccc(F)cc1.Cc1cccnc1.OC(COc1ccc(F)cc1)Cc1ccc2ccccc2n1. The molecule has 624 valence electrons. The molecule has 8 aromatic carbocycles. The van der Waals surface area contributed by atoms with Gasteiger partial charge in [-0.15, -0.1) is 0 Å². The number of hydrogen-bond donors (Lipinski definition) is 5. The topological polar surface area (TPSA) is 208 Å². The van der Waals surface area contributed by atoms with Crippen molar-refractivity contribution in [1.82, 2.24) is 44.6 Å². The Kier molecular flexibility index (Phi) is 36.1. The van der Waals surface area contributed by atoms with Crippen LogP contribution >= 0.6 is 0 Å². The van der Waals surface area contributed by atoms with Crippen LogP contribution in [0.3, 0.4) is 0 Å². The van der Waals surface area contributed by atoms with Gasteiger partial charge in [-0.25, -0.2) is 18.2 Å². The van der Waals surface area contributed by atoms with E-state index in [9.17, 15) is 46.8 Å². The minimum absolute atomic E-state index is 0.0127. The summed E-state index contributed by atoms with van der Waals surface area (Å²) in [4.78, 5) is 30.3. The zero-order valence-corrected chi connectivity index (χ0v) is 68.1. The van der Waals surface area contributed by atoms with Crippen LogP contribution in [0.4, 0.5) is 26.3 Å². The van der Waals surface area contributed by atoms with E-state index in [1.807, 2.05) is 152 Å². The highest BCUT2D eigenvalue weighted by Crippen LogP contribution is 2.29. The second kappa shape index (κ2) is 47.1. The maximum atomic E-state index is 13.0. The summed E-state index contributed by atoms with van der Waals surface area (Å²) in [5, 5.41) is 42.8. The number of hydrogen-bond acceptors (Lipinski definition) is 16. The molecular weight excluding hydrogens is 1520 g/mol. The van der Waals surface area contributed by atoms with Crippen molar-refractivity contribution < 1.29 is 65.7 Å². The molecule has 0 aliphatic rings. The number of pyridine rings is 4. The number of fused-ring (bicyclic) bond motifs is 1. The van der Waals surface area contributed by atoms with Gasteiger partial charge in [0.15, 0.2) is 0 Å². The normalized spacial score (nSPS) is 12.3. The third-order valence-electron chi connectivity index (χ3n) is 18.7. The quantitative estimate of drug-likeness (QED) is 0.0249. The first-order valence-electron chi connectivity index (χ1n) is 39.2. The number of ether oxygens (including phenoxy) is 4. The van der Waals surface area contributed by atoms with Crippen LogP contribution in [-0.2, 0) is 57.3 Å². The molecule has 17 nitrogen and oxygen atoms in total. The van der Waals surface area contributed by atoms with Gasteiger partial charge in [0.25, 0.3) is 0 Å². The van der Waals surface area contributed by atoms with Gasteiger partial charge in [-0.05, 0) is 193 Å². The Labute approximate surface area is 693 Å². The minimum atomic E-state index is -4.49. The maximum absolute atomic E-state index is 13.0. The first-order chi connectivity index (χ1) is 57.2. The fourth-order valence-corrected chi connectivity index (χ4v) is 12.6. The summed E-state index contributed by atoms with van der Waals surface area (Å²) in [6.07, 6.45) is 3.27. The van der Waals surface area contributed by atoms with Crippen LogP contribution in [0.25, 0.3) is 10.9 Å². The number of aliphatic hydroxyl groups excluding tert-OH is 4. The highest BCUT2D eigenvalue weighted by Gasteiger charge is 2.32. The van der Waals surface area contributed by atoms with Crippen molar-refractivity contribution in [3.05, 3.63) is 376 Å². The van der Waals surface area contributed by atoms with E-state index < -0.39 is 36.3 Å². The Morgan fingerprint density at radius 2 is 0.832 bits per heavy atom. The van der Waals surface area contributed by atoms with Crippen molar-refractivity contribution in [1.29, 1.82) is 0 Å². The molecule has 5 aromatic heterocycles. The molecule has 0 radical (unpaired) electrons. The molecule has 0 aliphatic carbocycles. The number of aromatic amines is 1. The lowest BCUT2D eigenvalue weighted by Crippen LogP contribution is -2.36. The summed E-state index contributed by atoms with van der Waals surface area (Å²) >= 11 is 0. The number of aryl methyl sites for hydroxylation is 4. The van der Waals surface area contributed by atoms with Crippen LogP contribution in [-0.4, -0.2) is 136 Å². The number of benzene rings is 8. The van der Waals surface area contributed by atoms with Gasteiger partial charge >= 0.3 is 6.18 Å². The number of nitrogens with zero attached hydrogens (tertiary/aromatic N) is 8. The van der Waals surface area contributed by atoms with Crippen LogP contribution < -0.4 is 18.9 Å². The molecule has 0 saturated carbocycles. The van der Waals surface area contributed by atoms with Crippen molar-refractivity contribution in [2.75, 3.05) is 46.1 Å². The molecule has 0 bridgehead atoms. The second-order valence-corrected chi connectivity index (χ2v) is 29.9. The molecule has 23 heteroatoms. The number of alkyl halides is 3. The Morgan fingerprint density at radius 3 is 1.27 bits per heavy atom. The van der Waals surface area contributed by atoms with E-state index >= 15 is 0 Å². The van der Waals surface area contributed by atoms with Gasteiger partial charge < -0.3 is 44.4 Å². The monoisotopic (exact) mass is 1630 g/mol. The first kappa shape index (κ1) is 91.2. The van der Waals surface area contributed by atoms with Gasteiger partial charge in [0.2, 0.25) is 0 Å². The van der Waals surface area contributed by atoms with Crippen molar-refractivity contribution in [2.45, 2.75) is 130 Å². The standard InChI is InChI=1S/C27H34N2O2.C24H24F4N2O2.C21H24FN3O2.C18H16FNO2.C6H7N/c1-21-11-8-9-12-22(21)17-29(18-23-13-10-16-28-26(23)27(2,3)4)19-24(30)20-31-25-14-6-5-7-15-25;1-17-4-2-3-5-19(17)14-30(13-18-6-11-23(29-12-18)24(26,27)28)15-21(31)16-32-22-9-7-20(25)8-10-22;1-16-4-2-3-5-17(16)12-25(14-21-23-10-11-24-21)13-19(26)15-27-20-8-6-18(22)7-9-20;19-14-6-9-17(10-7-14)22-12-16(21)11-15-8-5-13-3-1-2-4-18(13)20-15;1-6-3-2-4-7-5-6/h5-16,24,30H,17-20H2,1-4H3;2-12,21,31H,13-16H2,1H3;2-11,19,26H,12-15H2,1H3,(H,23,24);1-10,16,21H,11-12H2;2-5H,1H3. The Hall–Kier alpha value is -11.7. The number of aliphatic hydroxyl groups is 4. The molecule has 5 N–H and O–H groups in total. The summed E-state index contributed by atoms with van der Waals surface area (Å²) in [5.41, 5.74) is 11.9. The summed E-state index contributed by atoms with van der Waals surface area (Å²) in [6.45, 7) is 20.0. The number of rotatable bonds is 32. The number of halogens is 6.